The molecular formula is C22H16Cl2N2O5. The van der Waals surface area contributed by atoms with Gasteiger partial charge in [-0.15, -0.1) is 0 Å². The van der Waals surface area contributed by atoms with Gasteiger partial charge in [0.1, 0.15) is 17.3 Å². The number of aliphatic hydroxyl groups is 1. The van der Waals surface area contributed by atoms with Crippen molar-refractivity contribution in [2.75, 3.05) is 12.0 Å². The van der Waals surface area contributed by atoms with Crippen molar-refractivity contribution >= 4 is 46.5 Å². The monoisotopic (exact) mass is 458 g/mol. The Morgan fingerprint density at radius 2 is 1.84 bits per heavy atom. The number of carbonyl (C=O) groups is 2. The maximum Gasteiger partial charge on any atom is 0.301 e. The number of ketones is 1. The number of methoxy groups -OCH3 is 1. The first-order valence-electron chi connectivity index (χ1n) is 9.15. The maximum atomic E-state index is 13.0. The van der Waals surface area contributed by atoms with Gasteiger partial charge in [0, 0.05) is 16.7 Å². The van der Waals surface area contributed by atoms with E-state index in [4.69, 9.17) is 32.5 Å². The van der Waals surface area contributed by atoms with Gasteiger partial charge in [-0.1, -0.05) is 40.5 Å². The molecule has 1 aliphatic rings. The molecule has 1 aliphatic heterocycles. The Hall–Kier alpha value is -3.29. The molecule has 1 saturated heterocycles. The summed E-state index contributed by atoms with van der Waals surface area (Å²) in [6.45, 7) is 1.67. The van der Waals surface area contributed by atoms with Gasteiger partial charge in [-0.05, 0) is 42.8 Å². The smallest absolute Gasteiger partial charge is 0.301 e. The van der Waals surface area contributed by atoms with Crippen LogP contribution in [0, 0.1) is 6.92 Å². The summed E-state index contributed by atoms with van der Waals surface area (Å²) >= 11 is 12.2. The van der Waals surface area contributed by atoms with Crippen molar-refractivity contribution in [2.45, 2.75) is 13.0 Å². The standard InChI is InChI=1S/C22H16Cl2N2O5/c1-11-9-17(25-31-11)26-19(12-3-6-14(23)7-4-12)18(21(28)22(26)29)20(27)13-5-8-16(30-2)15(24)10-13/h3-10,19,27H,1-2H3/t19-/m0/s1. The maximum absolute atomic E-state index is 13.0. The van der Waals surface area contributed by atoms with Crippen LogP contribution in [0.4, 0.5) is 5.82 Å². The van der Waals surface area contributed by atoms with Crippen molar-refractivity contribution in [3.05, 3.63) is 81.0 Å². The number of benzene rings is 2. The molecule has 9 heteroatoms. The van der Waals surface area contributed by atoms with E-state index in [0.29, 0.717) is 22.1 Å². The van der Waals surface area contributed by atoms with E-state index in [2.05, 4.69) is 5.16 Å². The number of aryl methyl sites for hydroxylation is 1. The van der Waals surface area contributed by atoms with Crippen LogP contribution >= 0.6 is 23.2 Å². The minimum atomic E-state index is -0.942. The summed E-state index contributed by atoms with van der Waals surface area (Å²) in [5.41, 5.74) is 0.721. The number of hydrogen-bond acceptors (Lipinski definition) is 6. The number of anilines is 1. The first-order chi connectivity index (χ1) is 14.8. The van der Waals surface area contributed by atoms with E-state index in [0.717, 1.165) is 0 Å². The molecule has 7 nitrogen and oxygen atoms in total. The zero-order chi connectivity index (χ0) is 22.3. The van der Waals surface area contributed by atoms with E-state index in [1.165, 1.54) is 18.1 Å². The van der Waals surface area contributed by atoms with Crippen LogP contribution < -0.4 is 9.64 Å². The predicted molar refractivity (Wildman–Crippen MR) is 115 cm³/mol. The summed E-state index contributed by atoms with van der Waals surface area (Å²) in [5, 5.41) is 15.7. The Bertz CT molecular complexity index is 1220. The summed E-state index contributed by atoms with van der Waals surface area (Å²) in [6.07, 6.45) is 0. The average Bonchev–Trinajstić information content (AvgIpc) is 3.29. The molecule has 4 rings (SSSR count). The zero-order valence-corrected chi connectivity index (χ0v) is 17.9. The fourth-order valence-corrected chi connectivity index (χ4v) is 3.85. The molecule has 0 aliphatic carbocycles. The van der Waals surface area contributed by atoms with Crippen LogP contribution in [0.5, 0.6) is 5.75 Å². The number of aromatic nitrogens is 1. The van der Waals surface area contributed by atoms with E-state index in [9.17, 15) is 14.7 Å². The Balaban J connectivity index is 1.93. The molecule has 2 heterocycles. The molecule has 0 radical (unpaired) electrons. The second kappa shape index (κ2) is 8.09. The van der Waals surface area contributed by atoms with Crippen LogP contribution in [0.2, 0.25) is 10.0 Å². The number of halogens is 2. The van der Waals surface area contributed by atoms with E-state index < -0.39 is 17.7 Å². The lowest BCUT2D eigenvalue weighted by Crippen LogP contribution is -2.29. The van der Waals surface area contributed by atoms with Gasteiger partial charge in [0.05, 0.1) is 23.7 Å². The molecule has 0 spiro atoms. The number of carbonyl (C=O) groups excluding carboxylic acids is 2. The van der Waals surface area contributed by atoms with E-state index in [1.54, 1.807) is 49.4 Å². The normalized spacial score (nSPS) is 17.9. The summed E-state index contributed by atoms with van der Waals surface area (Å²) in [6, 6.07) is 11.8. The molecule has 3 aromatic rings. The summed E-state index contributed by atoms with van der Waals surface area (Å²) < 4.78 is 10.2. The minimum Gasteiger partial charge on any atom is -0.507 e. The topological polar surface area (TPSA) is 92.9 Å². The van der Waals surface area contributed by atoms with Gasteiger partial charge >= 0.3 is 5.91 Å². The zero-order valence-electron chi connectivity index (χ0n) is 16.4. The molecule has 0 bridgehead atoms. The third kappa shape index (κ3) is 3.66. The fourth-order valence-electron chi connectivity index (χ4n) is 3.47. The van der Waals surface area contributed by atoms with Crippen LogP contribution in [0.25, 0.3) is 5.76 Å². The van der Waals surface area contributed by atoms with Crippen molar-refractivity contribution in [2.24, 2.45) is 0 Å². The van der Waals surface area contributed by atoms with Gasteiger partial charge in [-0.2, -0.15) is 0 Å². The van der Waals surface area contributed by atoms with Crippen molar-refractivity contribution in [1.29, 1.82) is 0 Å². The summed E-state index contributed by atoms with van der Waals surface area (Å²) in [7, 11) is 1.46. The Kier molecular flexibility index (Phi) is 5.47. The molecule has 1 fully saturated rings. The molecule has 1 N–H and O–H groups in total. The molecule has 1 aromatic heterocycles. The molecule has 1 atom stereocenters. The lowest BCUT2D eigenvalue weighted by Gasteiger charge is -2.23. The largest absolute Gasteiger partial charge is 0.507 e. The summed E-state index contributed by atoms with van der Waals surface area (Å²) in [5.74, 6) is -1.03. The number of hydrogen-bond donors (Lipinski definition) is 1. The molecular weight excluding hydrogens is 443 g/mol. The second-order valence-corrected chi connectivity index (χ2v) is 7.71. The molecule has 0 saturated carbocycles. The number of ether oxygens (including phenoxy) is 1. The van der Waals surface area contributed by atoms with Crippen molar-refractivity contribution < 1.29 is 24.0 Å². The van der Waals surface area contributed by atoms with Crippen LogP contribution in [0.1, 0.15) is 22.9 Å². The lowest BCUT2D eigenvalue weighted by atomic mass is 9.95. The molecule has 0 unspecified atom stereocenters. The van der Waals surface area contributed by atoms with Crippen LogP contribution in [0.3, 0.4) is 0 Å². The van der Waals surface area contributed by atoms with Crippen LogP contribution in [0.15, 0.2) is 58.6 Å². The molecule has 2 aromatic carbocycles. The van der Waals surface area contributed by atoms with E-state index in [1.807, 2.05) is 0 Å². The van der Waals surface area contributed by atoms with Gasteiger partial charge in [0.25, 0.3) is 5.78 Å². The second-order valence-electron chi connectivity index (χ2n) is 6.87. The third-order valence-corrected chi connectivity index (χ3v) is 5.47. The Labute approximate surface area is 187 Å². The predicted octanol–water partition coefficient (Wildman–Crippen LogP) is 4.92. The highest BCUT2D eigenvalue weighted by Crippen LogP contribution is 2.42. The molecule has 31 heavy (non-hydrogen) atoms. The van der Waals surface area contributed by atoms with Gasteiger partial charge in [0.15, 0.2) is 5.82 Å². The third-order valence-electron chi connectivity index (χ3n) is 4.92. The van der Waals surface area contributed by atoms with Gasteiger partial charge in [-0.25, -0.2) is 0 Å². The van der Waals surface area contributed by atoms with Crippen LogP contribution in [-0.4, -0.2) is 29.1 Å². The minimum absolute atomic E-state index is 0.103. The van der Waals surface area contributed by atoms with E-state index >= 15 is 0 Å². The Morgan fingerprint density at radius 3 is 2.42 bits per heavy atom. The molecule has 1 amide bonds. The quantitative estimate of drug-likeness (QED) is 0.338. The highest BCUT2D eigenvalue weighted by molar-refractivity contribution is 6.51. The van der Waals surface area contributed by atoms with Crippen LogP contribution in [-0.2, 0) is 9.59 Å². The summed E-state index contributed by atoms with van der Waals surface area (Å²) in [4.78, 5) is 27.2. The number of amides is 1. The van der Waals surface area contributed by atoms with E-state index in [-0.39, 0.29) is 27.7 Å². The SMILES string of the molecule is COc1ccc(C(O)=C2C(=O)C(=O)N(c3cc(C)on3)[C@H]2c2ccc(Cl)cc2)cc1Cl. The van der Waals surface area contributed by atoms with Gasteiger partial charge in [0.2, 0.25) is 0 Å². The first-order valence-corrected chi connectivity index (χ1v) is 9.91. The molecule has 158 valence electrons. The van der Waals surface area contributed by atoms with Crippen molar-refractivity contribution in [1.82, 2.24) is 5.16 Å². The highest BCUT2D eigenvalue weighted by Gasteiger charge is 2.48. The first kappa shape index (κ1) is 21.0. The van der Waals surface area contributed by atoms with Gasteiger partial charge in [-0.3, -0.25) is 14.5 Å². The van der Waals surface area contributed by atoms with Gasteiger partial charge < -0.3 is 14.4 Å². The number of aliphatic hydroxyl groups excluding tert-OH is 1. The average molecular weight is 459 g/mol. The number of rotatable bonds is 4. The number of Topliss-reactive ketones (excluding diaryl/α,β-unsaturated/α-hetero) is 1. The lowest BCUT2D eigenvalue weighted by molar-refractivity contribution is -0.132. The van der Waals surface area contributed by atoms with Crippen molar-refractivity contribution in [3.8, 4) is 5.75 Å². The van der Waals surface area contributed by atoms with Crippen molar-refractivity contribution in [3.63, 3.8) is 0 Å². The number of nitrogens with zero attached hydrogens (tertiary/aromatic N) is 2. The highest BCUT2D eigenvalue weighted by atomic mass is 35.5. The Morgan fingerprint density at radius 1 is 1.13 bits per heavy atom. The fraction of sp³-hybridized carbons (Fsp3) is 0.136.